The predicted octanol–water partition coefficient (Wildman–Crippen LogP) is 3.58. The lowest BCUT2D eigenvalue weighted by Crippen LogP contribution is -2.30. The molecule has 0 aromatic heterocycles. The molecule has 0 heterocycles. The fourth-order valence-electron chi connectivity index (χ4n) is 1.47. The first-order chi connectivity index (χ1) is 6.04. The zero-order chi connectivity index (χ0) is 10.3. The Hall–Kier alpha value is -0.0400. The van der Waals surface area contributed by atoms with E-state index in [1.54, 1.807) is 0 Å². The van der Waals surface area contributed by atoms with Crippen molar-refractivity contribution in [1.29, 1.82) is 0 Å². The second kappa shape index (κ2) is 6.42. The Morgan fingerprint density at radius 1 is 1.15 bits per heavy atom. The first-order valence-corrected chi connectivity index (χ1v) is 5.74. The Balaban J connectivity index is 3.55. The van der Waals surface area contributed by atoms with E-state index < -0.39 is 0 Å². The summed E-state index contributed by atoms with van der Waals surface area (Å²) in [7, 11) is 0. The van der Waals surface area contributed by atoms with E-state index in [1.165, 1.54) is 32.1 Å². The average Bonchev–Trinajstić information content (AvgIpc) is 2.12. The molecule has 1 unspecified atom stereocenters. The second-order valence-corrected chi connectivity index (χ2v) is 4.94. The maximum absolute atomic E-state index is 5.74. The smallest absolute Gasteiger partial charge is 0.00233 e. The van der Waals surface area contributed by atoms with Gasteiger partial charge in [-0.25, -0.2) is 0 Å². The topological polar surface area (TPSA) is 26.0 Å². The molecule has 2 N–H and O–H groups in total. The molecule has 1 atom stereocenters. The molecule has 0 saturated carbocycles. The molecule has 0 bridgehead atoms. The SMILES string of the molecule is CCCCCCC(C)C(C)(C)CN. The van der Waals surface area contributed by atoms with E-state index in [4.69, 9.17) is 5.73 Å². The molecule has 0 fully saturated rings. The van der Waals surface area contributed by atoms with Crippen LogP contribution in [0.4, 0.5) is 0 Å². The summed E-state index contributed by atoms with van der Waals surface area (Å²) in [4.78, 5) is 0. The highest BCUT2D eigenvalue weighted by Gasteiger charge is 2.23. The van der Waals surface area contributed by atoms with Gasteiger partial charge in [0.15, 0.2) is 0 Å². The van der Waals surface area contributed by atoms with Gasteiger partial charge in [0, 0.05) is 0 Å². The lowest BCUT2D eigenvalue weighted by Gasteiger charge is -2.30. The summed E-state index contributed by atoms with van der Waals surface area (Å²) in [6.45, 7) is 9.95. The summed E-state index contributed by atoms with van der Waals surface area (Å²) in [5, 5.41) is 0. The van der Waals surface area contributed by atoms with Gasteiger partial charge in [0.1, 0.15) is 0 Å². The zero-order valence-corrected chi connectivity index (χ0v) is 9.90. The van der Waals surface area contributed by atoms with Crippen LogP contribution in [-0.4, -0.2) is 6.54 Å². The molecule has 0 spiro atoms. The minimum atomic E-state index is 0.326. The Labute approximate surface area is 84.1 Å². The van der Waals surface area contributed by atoms with Gasteiger partial charge < -0.3 is 5.73 Å². The van der Waals surface area contributed by atoms with Crippen LogP contribution in [0.2, 0.25) is 0 Å². The van der Waals surface area contributed by atoms with Crippen molar-refractivity contribution in [3.8, 4) is 0 Å². The number of hydrogen-bond acceptors (Lipinski definition) is 1. The monoisotopic (exact) mass is 185 g/mol. The molecule has 0 aromatic carbocycles. The maximum atomic E-state index is 5.74. The van der Waals surface area contributed by atoms with Gasteiger partial charge in [-0.3, -0.25) is 0 Å². The minimum absolute atomic E-state index is 0.326. The van der Waals surface area contributed by atoms with Gasteiger partial charge in [-0.2, -0.15) is 0 Å². The van der Waals surface area contributed by atoms with Crippen molar-refractivity contribution < 1.29 is 0 Å². The predicted molar refractivity (Wildman–Crippen MR) is 60.8 cm³/mol. The minimum Gasteiger partial charge on any atom is -0.330 e. The molecule has 0 aliphatic carbocycles. The average molecular weight is 185 g/mol. The van der Waals surface area contributed by atoms with Crippen LogP contribution >= 0.6 is 0 Å². The van der Waals surface area contributed by atoms with E-state index in [-0.39, 0.29) is 0 Å². The summed E-state index contributed by atoms with van der Waals surface area (Å²) in [6, 6.07) is 0. The lowest BCUT2D eigenvalue weighted by atomic mass is 9.77. The molecule has 0 aromatic rings. The molecule has 0 rings (SSSR count). The molecule has 0 aliphatic rings. The molecule has 80 valence electrons. The normalized spacial score (nSPS) is 14.5. The van der Waals surface area contributed by atoms with Crippen LogP contribution in [0.25, 0.3) is 0 Å². The third kappa shape index (κ3) is 5.30. The van der Waals surface area contributed by atoms with Gasteiger partial charge in [0.05, 0.1) is 0 Å². The Morgan fingerprint density at radius 2 is 1.77 bits per heavy atom. The molecular formula is C12H27N. The molecule has 1 nitrogen and oxygen atoms in total. The van der Waals surface area contributed by atoms with Crippen molar-refractivity contribution in [1.82, 2.24) is 0 Å². The van der Waals surface area contributed by atoms with Crippen molar-refractivity contribution in [2.45, 2.75) is 59.8 Å². The molecule has 0 amide bonds. The lowest BCUT2D eigenvalue weighted by molar-refractivity contribution is 0.222. The maximum Gasteiger partial charge on any atom is -0.00233 e. The molecule has 0 aliphatic heterocycles. The van der Waals surface area contributed by atoms with Gasteiger partial charge in [-0.15, -0.1) is 0 Å². The van der Waals surface area contributed by atoms with Crippen LogP contribution in [0.1, 0.15) is 59.8 Å². The summed E-state index contributed by atoms with van der Waals surface area (Å²) >= 11 is 0. The number of nitrogens with two attached hydrogens (primary N) is 1. The molecule has 1 heteroatoms. The zero-order valence-electron chi connectivity index (χ0n) is 9.90. The van der Waals surface area contributed by atoms with E-state index in [9.17, 15) is 0 Å². The fourth-order valence-corrected chi connectivity index (χ4v) is 1.47. The summed E-state index contributed by atoms with van der Waals surface area (Å²) in [5.41, 5.74) is 6.06. The van der Waals surface area contributed by atoms with Crippen LogP contribution in [0.15, 0.2) is 0 Å². The summed E-state index contributed by atoms with van der Waals surface area (Å²) < 4.78 is 0. The summed E-state index contributed by atoms with van der Waals surface area (Å²) in [6.07, 6.45) is 6.81. The number of rotatable bonds is 7. The quantitative estimate of drug-likeness (QED) is 0.603. The van der Waals surface area contributed by atoms with Crippen molar-refractivity contribution in [2.75, 3.05) is 6.54 Å². The first kappa shape index (κ1) is 13.0. The van der Waals surface area contributed by atoms with Gasteiger partial charge in [-0.05, 0) is 17.9 Å². The van der Waals surface area contributed by atoms with E-state index in [0.717, 1.165) is 12.5 Å². The highest BCUT2D eigenvalue weighted by molar-refractivity contribution is 4.75. The van der Waals surface area contributed by atoms with E-state index in [1.807, 2.05) is 0 Å². The third-order valence-corrected chi connectivity index (χ3v) is 3.35. The van der Waals surface area contributed by atoms with Crippen molar-refractivity contribution in [3.63, 3.8) is 0 Å². The summed E-state index contributed by atoms with van der Waals surface area (Å²) in [5.74, 6) is 0.759. The standard InChI is InChI=1S/C12H27N/c1-5-6-7-8-9-11(2)12(3,4)10-13/h11H,5-10,13H2,1-4H3. The van der Waals surface area contributed by atoms with Gasteiger partial charge in [-0.1, -0.05) is 59.8 Å². The van der Waals surface area contributed by atoms with Gasteiger partial charge in [0.25, 0.3) is 0 Å². The van der Waals surface area contributed by atoms with E-state index in [0.29, 0.717) is 5.41 Å². The highest BCUT2D eigenvalue weighted by atomic mass is 14.6. The van der Waals surface area contributed by atoms with Crippen molar-refractivity contribution in [3.05, 3.63) is 0 Å². The van der Waals surface area contributed by atoms with Crippen LogP contribution < -0.4 is 5.73 Å². The van der Waals surface area contributed by atoms with Crippen LogP contribution in [0.5, 0.6) is 0 Å². The Bertz CT molecular complexity index is 118. The van der Waals surface area contributed by atoms with E-state index >= 15 is 0 Å². The van der Waals surface area contributed by atoms with Gasteiger partial charge in [0.2, 0.25) is 0 Å². The largest absolute Gasteiger partial charge is 0.330 e. The van der Waals surface area contributed by atoms with Gasteiger partial charge >= 0.3 is 0 Å². The Morgan fingerprint density at radius 3 is 2.23 bits per heavy atom. The molecular weight excluding hydrogens is 158 g/mol. The molecule has 13 heavy (non-hydrogen) atoms. The van der Waals surface area contributed by atoms with Crippen molar-refractivity contribution >= 4 is 0 Å². The van der Waals surface area contributed by atoms with Crippen LogP contribution in [0.3, 0.4) is 0 Å². The van der Waals surface area contributed by atoms with Crippen molar-refractivity contribution in [2.24, 2.45) is 17.1 Å². The third-order valence-electron chi connectivity index (χ3n) is 3.35. The second-order valence-electron chi connectivity index (χ2n) is 4.94. The fraction of sp³-hybridized carbons (Fsp3) is 1.00. The number of hydrogen-bond donors (Lipinski definition) is 1. The number of unbranched alkanes of at least 4 members (excludes halogenated alkanes) is 3. The Kier molecular flexibility index (Phi) is 6.40. The molecule has 0 radical (unpaired) electrons. The first-order valence-electron chi connectivity index (χ1n) is 5.74. The van der Waals surface area contributed by atoms with E-state index in [2.05, 4.69) is 27.7 Å². The van der Waals surface area contributed by atoms with Crippen LogP contribution in [-0.2, 0) is 0 Å². The van der Waals surface area contributed by atoms with Crippen LogP contribution in [0, 0.1) is 11.3 Å². The highest BCUT2D eigenvalue weighted by Crippen LogP contribution is 2.29. The molecule has 0 saturated heterocycles.